The lowest BCUT2D eigenvalue weighted by molar-refractivity contribution is 0.111. The first-order valence-corrected chi connectivity index (χ1v) is 4.66. The number of H-pyrrole nitrogens is 2. The van der Waals surface area contributed by atoms with E-state index in [4.69, 9.17) is 0 Å². The molecule has 0 unspecified atom stereocenters. The molecule has 14 heavy (non-hydrogen) atoms. The summed E-state index contributed by atoms with van der Waals surface area (Å²) in [7, 11) is 0. The summed E-state index contributed by atoms with van der Waals surface area (Å²) in [5, 5.41) is 0. The van der Waals surface area contributed by atoms with Gasteiger partial charge < -0.3 is 9.97 Å². The molecule has 3 heteroatoms. The van der Waals surface area contributed by atoms with Crippen molar-refractivity contribution >= 4 is 6.29 Å². The number of nitrogens with one attached hydrogen (secondary N) is 2. The van der Waals surface area contributed by atoms with Crippen molar-refractivity contribution in [3.8, 4) is 11.4 Å². The van der Waals surface area contributed by atoms with Crippen molar-refractivity contribution in [1.29, 1.82) is 0 Å². The van der Waals surface area contributed by atoms with Crippen LogP contribution in [0.4, 0.5) is 0 Å². The molecule has 2 N–H and O–H groups in total. The molecule has 0 amide bonds. The lowest BCUT2D eigenvalue weighted by Crippen LogP contribution is -1.83. The van der Waals surface area contributed by atoms with Crippen LogP contribution in [0.1, 0.15) is 23.0 Å². The summed E-state index contributed by atoms with van der Waals surface area (Å²) >= 11 is 0. The molecule has 0 radical (unpaired) electrons. The van der Waals surface area contributed by atoms with Gasteiger partial charge in [0.1, 0.15) is 0 Å². The molecule has 0 atom stereocenters. The number of aldehydes is 1. The van der Waals surface area contributed by atoms with Crippen LogP contribution in [0.2, 0.25) is 0 Å². The molecule has 72 valence electrons. The number of carbonyl (C=O) groups is 1. The molecule has 0 aliphatic rings. The highest BCUT2D eigenvalue weighted by molar-refractivity contribution is 5.76. The van der Waals surface area contributed by atoms with Crippen LogP contribution in [0.15, 0.2) is 24.4 Å². The topological polar surface area (TPSA) is 48.6 Å². The second kappa shape index (κ2) is 3.54. The fraction of sp³-hybridized carbons (Fsp3) is 0.182. The summed E-state index contributed by atoms with van der Waals surface area (Å²) in [5.41, 5.74) is 3.83. The summed E-state index contributed by atoms with van der Waals surface area (Å²) in [6.07, 6.45) is 3.63. The Morgan fingerprint density at radius 2 is 2.36 bits per heavy atom. The average Bonchev–Trinajstić information content (AvgIpc) is 2.85. The van der Waals surface area contributed by atoms with E-state index < -0.39 is 0 Å². The molecule has 0 saturated heterocycles. The van der Waals surface area contributed by atoms with E-state index in [9.17, 15) is 4.79 Å². The van der Waals surface area contributed by atoms with E-state index in [1.165, 1.54) is 0 Å². The highest BCUT2D eigenvalue weighted by Crippen LogP contribution is 2.22. The molecule has 0 aliphatic carbocycles. The second-order valence-electron chi connectivity index (χ2n) is 3.18. The van der Waals surface area contributed by atoms with Gasteiger partial charge in [-0.3, -0.25) is 4.79 Å². The zero-order valence-electron chi connectivity index (χ0n) is 8.00. The van der Waals surface area contributed by atoms with Gasteiger partial charge in [0, 0.05) is 6.20 Å². The van der Waals surface area contributed by atoms with Gasteiger partial charge in [-0.2, -0.15) is 0 Å². The molecule has 2 aromatic rings. The zero-order chi connectivity index (χ0) is 9.97. The molecular formula is C11H12N2O. The van der Waals surface area contributed by atoms with E-state index in [2.05, 4.69) is 16.9 Å². The van der Waals surface area contributed by atoms with Crippen LogP contribution in [0, 0.1) is 0 Å². The Morgan fingerprint density at radius 3 is 2.93 bits per heavy atom. The predicted octanol–water partition coefficient (Wildman–Crippen LogP) is 2.38. The smallest absolute Gasteiger partial charge is 0.166 e. The molecule has 2 heterocycles. The van der Waals surface area contributed by atoms with Crippen molar-refractivity contribution in [2.75, 3.05) is 0 Å². The van der Waals surface area contributed by atoms with Crippen LogP contribution in [0.3, 0.4) is 0 Å². The number of hydrogen-bond acceptors (Lipinski definition) is 1. The Labute approximate surface area is 82.2 Å². The third kappa shape index (κ3) is 1.37. The molecule has 2 aromatic heterocycles. The first kappa shape index (κ1) is 8.81. The highest BCUT2D eigenvalue weighted by Gasteiger charge is 2.08. The van der Waals surface area contributed by atoms with E-state index >= 15 is 0 Å². The maximum Gasteiger partial charge on any atom is 0.166 e. The minimum Gasteiger partial charge on any atom is -0.360 e. The molecule has 3 nitrogen and oxygen atoms in total. The number of aromatic amines is 2. The SMILES string of the molecule is CCc1cc(C=O)[nH]c1-c1ccc[nH]1. The van der Waals surface area contributed by atoms with E-state index in [1.54, 1.807) is 0 Å². The van der Waals surface area contributed by atoms with Gasteiger partial charge in [-0.1, -0.05) is 6.92 Å². The van der Waals surface area contributed by atoms with E-state index in [0.29, 0.717) is 5.69 Å². The molecule has 0 spiro atoms. The molecule has 2 rings (SSSR count). The van der Waals surface area contributed by atoms with Crippen LogP contribution >= 0.6 is 0 Å². The predicted molar refractivity (Wildman–Crippen MR) is 55.3 cm³/mol. The summed E-state index contributed by atoms with van der Waals surface area (Å²) in [6, 6.07) is 5.82. The van der Waals surface area contributed by atoms with Crippen molar-refractivity contribution in [1.82, 2.24) is 9.97 Å². The van der Waals surface area contributed by atoms with Crippen LogP contribution in [-0.4, -0.2) is 16.3 Å². The van der Waals surface area contributed by atoms with E-state index in [0.717, 1.165) is 29.7 Å². The minimum atomic E-state index is 0.631. The number of carbonyl (C=O) groups excluding carboxylic acids is 1. The first-order chi connectivity index (χ1) is 6.85. The van der Waals surface area contributed by atoms with Crippen molar-refractivity contribution in [2.45, 2.75) is 13.3 Å². The minimum absolute atomic E-state index is 0.631. The Hall–Kier alpha value is -1.77. The number of aryl methyl sites for hydroxylation is 1. The molecular weight excluding hydrogens is 176 g/mol. The molecule has 0 saturated carbocycles. The van der Waals surface area contributed by atoms with Crippen molar-refractivity contribution in [3.63, 3.8) is 0 Å². The summed E-state index contributed by atoms with van der Waals surface area (Å²) in [6.45, 7) is 2.07. The Balaban J connectivity index is 2.51. The molecule has 0 aromatic carbocycles. The van der Waals surface area contributed by atoms with Crippen LogP contribution in [-0.2, 0) is 6.42 Å². The van der Waals surface area contributed by atoms with Crippen molar-refractivity contribution in [3.05, 3.63) is 35.7 Å². The molecule has 0 bridgehead atoms. The maximum atomic E-state index is 10.6. The Morgan fingerprint density at radius 1 is 1.50 bits per heavy atom. The fourth-order valence-electron chi connectivity index (χ4n) is 1.59. The molecule has 0 fully saturated rings. The monoisotopic (exact) mass is 188 g/mol. The van der Waals surface area contributed by atoms with E-state index in [-0.39, 0.29) is 0 Å². The number of aromatic nitrogens is 2. The Kier molecular flexibility index (Phi) is 2.23. The second-order valence-corrected chi connectivity index (χ2v) is 3.18. The third-order valence-electron chi connectivity index (χ3n) is 2.30. The normalized spacial score (nSPS) is 10.4. The standard InChI is InChI=1S/C11H12N2O/c1-2-8-6-9(7-14)13-11(8)10-4-3-5-12-10/h3-7,12-13H,2H2,1H3. The van der Waals surface area contributed by atoms with Gasteiger partial charge >= 0.3 is 0 Å². The van der Waals surface area contributed by atoms with Crippen LogP contribution in [0.25, 0.3) is 11.4 Å². The summed E-state index contributed by atoms with van der Waals surface area (Å²) in [4.78, 5) is 16.8. The summed E-state index contributed by atoms with van der Waals surface area (Å²) < 4.78 is 0. The molecule has 0 aliphatic heterocycles. The van der Waals surface area contributed by atoms with Crippen molar-refractivity contribution < 1.29 is 4.79 Å². The van der Waals surface area contributed by atoms with Gasteiger partial charge in [0.2, 0.25) is 0 Å². The Bertz CT molecular complexity index is 426. The van der Waals surface area contributed by atoms with Crippen molar-refractivity contribution in [2.24, 2.45) is 0 Å². The van der Waals surface area contributed by atoms with Crippen LogP contribution < -0.4 is 0 Å². The largest absolute Gasteiger partial charge is 0.360 e. The lowest BCUT2D eigenvalue weighted by Gasteiger charge is -1.97. The number of rotatable bonds is 3. The quantitative estimate of drug-likeness (QED) is 0.714. The highest BCUT2D eigenvalue weighted by atomic mass is 16.1. The first-order valence-electron chi connectivity index (χ1n) is 4.66. The van der Waals surface area contributed by atoms with Gasteiger partial charge in [-0.05, 0) is 30.2 Å². The third-order valence-corrected chi connectivity index (χ3v) is 2.30. The average molecular weight is 188 g/mol. The van der Waals surface area contributed by atoms with E-state index in [1.807, 2.05) is 24.4 Å². The van der Waals surface area contributed by atoms with Gasteiger partial charge in [0.15, 0.2) is 6.29 Å². The van der Waals surface area contributed by atoms with Gasteiger partial charge in [0.25, 0.3) is 0 Å². The maximum absolute atomic E-state index is 10.6. The van der Waals surface area contributed by atoms with Gasteiger partial charge in [0.05, 0.1) is 17.1 Å². The van der Waals surface area contributed by atoms with Crippen LogP contribution in [0.5, 0.6) is 0 Å². The number of hydrogen-bond donors (Lipinski definition) is 2. The summed E-state index contributed by atoms with van der Waals surface area (Å²) in [5.74, 6) is 0. The zero-order valence-corrected chi connectivity index (χ0v) is 8.00. The fourth-order valence-corrected chi connectivity index (χ4v) is 1.59. The van der Waals surface area contributed by atoms with Gasteiger partial charge in [-0.15, -0.1) is 0 Å². The lowest BCUT2D eigenvalue weighted by atomic mass is 10.1. The van der Waals surface area contributed by atoms with Gasteiger partial charge in [-0.25, -0.2) is 0 Å².